The van der Waals surface area contributed by atoms with Gasteiger partial charge in [0, 0.05) is 36.5 Å². The van der Waals surface area contributed by atoms with Crippen LogP contribution in [0.4, 0.5) is 17.6 Å². The number of piperidine rings is 1. The number of nitrogens with zero attached hydrogens (tertiary/aromatic N) is 6. The SMILES string of the molecule is CN1CCC(NC(=O)[C@@H]2CCCN2c2nc(Nc3cc(C4CC4)[nH]n3)c3cccn3n2)CC1. The molecule has 0 unspecified atom stereocenters. The predicted molar refractivity (Wildman–Crippen MR) is 126 cm³/mol. The Hall–Kier alpha value is -3.14. The molecule has 3 aliphatic rings. The third-order valence-electron chi connectivity index (χ3n) is 7.12. The number of carbonyl (C=O) groups is 1. The number of aromatic nitrogens is 5. The van der Waals surface area contributed by atoms with Gasteiger partial charge in [-0.1, -0.05) is 0 Å². The maximum Gasteiger partial charge on any atom is 0.246 e. The average Bonchev–Trinajstić information content (AvgIpc) is 3.20. The van der Waals surface area contributed by atoms with Gasteiger partial charge < -0.3 is 20.4 Å². The highest BCUT2D eigenvalue weighted by atomic mass is 16.2. The topological polar surface area (TPSA) is 106 Å². The number of aromatic amines is 1. The van der Waals surface area contributed by atoms with Crippen molar-refractivity contribution in [2.24, 2.45) is 0 Å². The third-order valence-corrected chi connectivity index (χ3v) is 7.12. The van der Waals surface area contributed by atoms with Crippen molar-refractivity contribution in [2.75, 3.05) is 36.9 Å². The largest absolute Gasteiger partial charge is 0.351 e. The van der Waals surface area contributed by atoms with E-state index >= 15 is 0 Å². The van der Waals surface area contributed by atoms with Gasteiger partial charge in [0.1, 0.15) is 11.6 Å². The van der Waals surface area contributed by atoms with E-state index in [2.05, 4.69) is 43.7 Å². The lowest BCUT2D eigenvalue weighted by Crippen LogP contribution is -2.50. The Morgan fingerprint density at radius 1 is 1.15 bits per heavy atom. The van der Waals surface area contributed by atoms with Gasteiger partial charge in [0.05, 0.1) is 0 Å². The Morgan fingerprint density at radius 2 is 2.00 bits per heavy atom. The van der Waals surface area contributed by atoms with Gasteiger partial charge in [-0.3, -0.25) is 9.89 Å². The standard InChI is InChI=1S/C23H31N9O/c1-30-12-8-16(9-13-30)24-22(33)19-5-2-10-31(19)23-26-21(18-4-3-11-32(18)29-23)25-20-14-17(27-28-20)15-6-7-15/h3-4,11,14-16,19H,2,5-10,12-13H2,1H3,(H,24,33)(H2,25,26,27,28,29)/t19-/m0/s1. The molecule has 0 spiro atoms. The third kappa shape index (κ3) is 4.15. The Labute approximate surface area is 192 Å². The fourth-order valence-corrected chi connectivity index (χ4v) is 4.99. The minimum absolute atomic E-state index is 0.0918. The molecule has 10 heteroatoms. The van der Waals surface area contributed by atoms with E-state index in [0.717, 1.165) is 56.7 Å². The summed E-state index contributed by atoms with van der Waals surface area (Å²) >= 11 is 0. The van der Waals surface area contributed by atoms with E-state index < -0.39 is 0 Å². The normalized spacial score (nSPS) is 22.2. The smallest absolute Gasteiger partial charge is 0.246 e. The summed E-state index contributed by atoms with van der Waals surface area (Å²) in [7, 11) is 2.13. The molecule has 33 heavy (non-hydrogen) atoms. The van der Waals surface area contributed by atoms with Crippen molar-refractivity contribution in [1.82, 2.24) is 35.0 Å². The lowest BCUT2D eigenvalue weighted by molar-refractivity contribution is -0.123. The van der Waals surface area contributed by atoms with Crippen molar-refractivity contribution in [2.45, 2.75) is 56.5 Å². The van der Waals surface area contributed by atoms with Crippen molar-refractivity contribution >= 4 is 29.0 Å². The molecule has 2 saturated heterocycles. The maximum atomic E-state index is 13.2. The summed E-state index contributed by atoms with van der Waals surface area (Å²) in [6.07, 6.45) is 8.12. The number of carbonyl (C=O) groups excluding carboxylic acids is 1. The molecular formula is C23H31N9O. The van der Waals surface area contributed by atoms with Crippen LogP contribution in [0.25, 0.3) is 5.52 Å². The zero-order valence-electron chi connectivity index (χ0n) is 19.0. The Kier molecular flexibility index (Phi) is 5.17. The van der Waals surface area contributed by atoms with Crippen LogP contribution in [0.2, 0.25) is 0 Å². The van der Waals surface area contributed by atoms with Crippen LogP contribution < -0.4 is 15.5 Å². The first-order chi connectivity index (χ1) is 16.1. The van der Waals surface area contributed by atoms with Crippen LogP contribution in [0, 0.1) is 0 Å². The number of amides is 1. The quantitative estimate of drug-likeness (QED) is 0.530. The van der Waals surface area contributed by atoms with Crippen molar-refractivity contribution in [1.29, 1.82) is 0 Å². The van der Waals surface area contributed by atoms with Crippen LogP contribution in [-0.2, 0) is 4.79 Å². The first-order valence-corrected chi connectivity index (χ1v) is 12.1. The summed E-state index contributed by atoms with van der Waals surface area (Å²) < 4.78 is 1.82. The number of H-pyrrole nitrogens is 1. The van der Waals surface area contributed by atoms with E-state index in [1.807, 2.05) is 22.8 Å². The number of hydrogen-bond acceptors (Lipinski definition) is 7. The van der Waals surface area contributed by atoms with Crippen LogP contribution in [-0.4, -0.2) is 74.4 Å². The molecule has 1 amide bonds. The summed E-state index contributed by atoms with van der Waals surface area (Å²) in [6.45, 7) is 2.82. The van der Waals surface area contributed by atoms with Gasteiger partial charge in [-0.2, -0.15) is 10.1 Å². The molecule has 1 atom stereocenters. The average molecular weight is 450 g/mol. The summed E-state index contributed by atoms with van der Waals surface area (Å²) in [5.74, 6) is 2.72. The molecule has 0 radical (unpaired) electrons. The molecule has 5 heterocycles. The Bertz CT molecular complexity index is 1140. The molecule has 1 aliphatic carbocycles. The van der Waals surface area contributed by atoms with E-state index in [1.54, 1.807) is 0 Å². The molecule has 3 aromatic heterocycles. The molecule has 1 saturated carbocycles. The number of anilines is 3. The molecule has 3 N–H and O–H groups in total. The summed E-state index contributed by atoms with van der Waals surface area (Å²) in [5.41, 5.74) is 2.05. The number of nitrogens with one attached hydrogen (secondary N) is 3. The molecule has 2 aliphatic heterocycles. The second-order valence-electron chi connectivity index (χ2n) is 9.64. The van der Waals surface area contributed by atoms with Crippen LogP contribution >= 0.6 is 0 Å². The monoisotopic (exact) mass is 449 g/mol. The second kappa shape index (κ2) is 8.33. The number of fused-ring (bicyclic) bond motifs is 1. The minimum Gasteiger partial charge on any atom is -0.351 e. The fourth-order valence-electron chi connectivity index (χ4n) is 4.99. The molecule has 3 fully saturated rings. The van der Waals surface area contributed by atoms with Gasteiger partial charge in [0.15, 0.2) is 11.6 Å². The van der Waals surface area contributed by atoms with Crippen molar-refractivity contribution in [3.8, 4) is 0 Å². The van der Waals surface area contributed by atoms with Crippen molar-refractivity contribution < 1.29 is 4.79 Å². The number of rotatable bonds is 6. The van der Waals surface area contributed by atoms with Crippen LogP contribution in [0.3, 0.4) is 0 Å². The predicted octanol–water partition coefficient (Wildman–Crippen LogP) is 2.25. The molecule has 6 rings (SSSR count). The molecule has 0 aromatic carbocycles. The lowest BCUT2D eigenvalue weighted by atomic mass is 10.0. The van der Waals surface area contributed by atoms with Gasteiger partial charge in [-0.05, 0) is 70.8 Å². The van der Waals surface area contributed by atoms with E-state index in [1.165, 1.54) is 18.5 Å². The maximum absolute atomic E-state index is 13.2. The van der Waals surface area contributed by atoms with Gasteiger partial charge in [0.25, 0.3) is 0 Å². The van der Waals surface area contributed by atoms with E-state index in [-0.39, 0.29) is 18.0 Å². The molecule has 10 nitrogen and oxygen atoms in total. The highest BCUT2D eigenvalue weighted by Gasteiger charge is 2.34. The summed E-state index contributed by atoms with van der Waals surface area (Å²) in [5, 5.41) is 18.9. The van der Waals surface area contributed by atoms with Crippen LogP contribution in [0.15, 0.2) is 24.4 Å². The molecule has 174 valence electrons. The lowest BCUT2D eigenvalue weighted by Gasteiger charge is -2.31. The number of hydrogen-bond donors (Lipinski definition) is 3. The Balaban J connectivity index is 1.23. The van der Waals surface area contributed by atoms with Crippen molar-refractivity contribution in [3.63, 3.8) is 0 Å². The molecule has 0 bridgehead atoms. The Morgan fingerprint density at radius 3 is 2.82 bits per heavy atom. The van der Waals surface area contributed by atoms with Gasteiger partial charge in [0.2, 0.25) is 11.9 Å². The van der Waals surface area contributed by atoms with E-state index in [9.17, 15) is 4.79 Å². The second-order valence-corrected chi connectivity index (χ2v) is 9.64. The fraction of sp³-hybridized carbons (Fsp3) is 0.565. The summed E-state index contributed by atoms with van der Waals surface area (Å²) in [4.78, 5) is 22.4. The van der Waals surface area contributed by atoms with Gasteiger partial charge in [-0.15, -0.1) is 5.10 Å². The number of likely N-dealkylation sites (tertiary alicyclic amines) is 1. The highest BCUT2D eigenvalue weighted by molar-refractivity contribution is 5.86. The molecular weight excluding hydrogens is 418 g/mol. The van der Waals surface area contributed by atoms with Gasteiger partial charge in [-0.25, -0.2) is 4.52 Å². The first kappa shape index (κ1) is 20.5. The zero-order chi connectivity index (χ0) is 22.4. The van der Waals surface area contributed by atoms with Crippen LogP contribution in [0.1, 0.15) is 50.1 Å². The molecule has 3 aromatic rings. The van der Waals surface area contributed by atoms with Gasteiger partial charge >= 0.3 is 0 Å². The van der Waals surface area contributed by atoms with Crippen LogP contribution in [0.5, 0.6) is 0 Å². The van der Waals surface area contributed by atoms with E-state index in [4.69, 9.17) is 10.1 Å². The minimum atomic E-state index is -0.239. The zero-order valence-corrected chi connectivity index (χ0v) is 19.0. The van der Waals surface area contributed by atoms with E-state index in [0.29, 0.717) is 17.7 Å². The summed E-state index contributed by atoms with van der Waals surface area (Å²) in [6, 6.07) is 6.01. The first-order valence-electron chi connectivity index (χ1n) is 12.1. The van der Waals surface area contributed by atoms with Crippen molar-refractivity contribution in [3.05, 3.63) is 30.1 Å². The highest BCUT2D eigenvalue weighted by Crippen LogP contribution is 2.39.